The first-order valence-electron chi connectivity index (χ1n) is 9.40. The zero-order valence-electron chi connectivity index (χ0n) is 17.0. The summed E-state index contributed by atoms with van der Waals surface area (Å²) in [5.74, 6) is 2.03. The van der Waals surface area contributed by atoms with Gasteiger partial charge in [0.15, 0.2) is 5.96 Å². The Balaban J connectivity index is 1.88. The molecule has 2 N–H and O–H groups in total. The molecule has 0 bridgehead atoms. The Morgan fingerprint density at radius 2 is 2.04 bits per heavy atom. The van der Waals surface area contributed by atoms with E-state index in [9.17, 15) is 4.79 Å². The molecule has 0 spiro atoms. The molecule has 0 aromatic carbocycles. The minimum Gasteiger partial charge on any atom is -0.465 e. The molecule has 27 heavy (non-hydrogen) atoms. The molecule has 0 saturated carbocycles. The van der Waals surface area contributed by atoms with Gasteiger partial charge < -0.3 is 24.5 Å². The molecule has 1 aromatic heterocycles. The lowest BCUT2D eigenvalue weighted by Crippen LogP contribution is -2.52. The summed E-state index contributed by atoms with van der Waals surface area (Å²) in [5.41, 5.74) is 0.449. The predicted molar refractivity (Wildman–Crippen MR) is 104 cm³/mol. The molecule has 1 unspecified atom stereocenters. The lowest BCUT2D eigenvalue weighted by molar-refractivity contribution is 0.00752. The molecular formula is C19H32N4O4. The average Bonchev–Trinajstić information content (AvgIpc) is 3.05. The molecule has 1 fully saturated rings. The monoisotopic (exact) mass is 380 g/mol. The Labute approximate surface area is 161 Å². The van der Waals surface area contributed by atoms with Crippen molar-refractivity contribution in [1.29, 1.82) is 0 Å². The van der Waals surface area contributed by atoms with Gasteiger partial charge in [-0.25, -0.2) is 4.79 Å². The summed E-state index contributed by atoms with van der Waals surface area (Å²) in [5, 5.41) is 6.63. The number of carbonyl (C=O) groups excluding carboxylic acids is 1. The van der Waals surface area contributed by atoms with E-state index in [1.165, 1.54) is 7.11 Å². The minimum atomic E-state index is -0.393. The van der Waals surface area contributed by atoms with Gasteiger partial charge in [-0.1, -0.05) is 13.8 Å². The molecule has 152 valence electrons. The fourth-order valence-electron chi connectivity index (χ4n) is 3.23. The van der Waals surface area contributed by atoms with Crippen molar-refractivity contribution in [2.45, 2.75) is 33.4 Å². The third-order valence-electron chi connectivity index (χ3n) is 4.79. The van der Waals surface area contributed by atoms with Gasteiger partial charge in [-0.05, 0) is 18.9 Å². The fraction of sp³-hybridized carbons (Fsp3) is 0.684. The highest BCUT2D eigenvalue weighted by Crippen LogP contribution is 2.15. The summed E-state index contributed by atoms with van der Waals surface area (Å²) in [6.45, 7) is 10.9. The van der Waals surface area contributed by atoms with Gasteiger partial charge in [0.25, 0.3) is 0 Å². The van der Waals surface area contributed by atoms with Crippen LogP contribution >= 0.6 is 0 Å². The van der Waals surface area contributed by atoms with E-state index in [4.69, 9.17) is 13.9 Å². The van der Waals surface area contributed by atoms with Gasteiger partial charge in [0.1, 0.15) is 17.1 Å². The average molecular weight is 380 g/mol. The first-order valence-corrected chi connectivity index (χ1v) is 9.40. The SMILES string of the molecule is CN=C(NCc1cc(C(=O)OC)c(C)o1)NCC(C(C)C)N1CCOCC1. The van der Waals surface area contributed by atoms with Crippen LogP contribution in [-0.4, -0.2) is 69.9 Å². The number of aryl methyl sites for hydroxylation is 1. The lowest BCUT2D eigenvalue weighted by atomic mass is 10.0. The fourth-order valence-corrected chi connectivity index (χ4v) is 3.23. The number of morpholine rings is 1. The van der Waals surface area contributed by atoms with Gasteiger partial charge >= 0.3 is 5.97 Å². The highest BCUT2D eigenvalue weighted by Gasteiger charge is 2.24. The van der Waals surface area contributed by atoms with Gasteiger partial charge in [-0.3, -0.25) is 9.89 Å². The van der Waals surface area contributed by atoms with Crippen molar-refractivity contribution in [3.8, 4) is 0 Å². The van der Waals surface area contributed by atoms with Crippen LogP contribution < -0.4 is 10.6 Å². The number of methoxy groups -OCH3 is 1. The molecule has 8 nitrogen and oxygen atoms in total. The summed E-state index contributed by atoms with van der Waals surface area (Å²) in [6.07, 6.45) is 0. The maximum absolute atomic E-state index is 11.7. The lowest BCUT2D eigenvalue weighted by Gasteiger charge is -2.37. The van der Waals surface area contributed by atoms with E-state index in [1.54, 1.807) is 20.0 Å². The highest BCUT2D eigenvalue weighted by molar-refractivity contribution is 5.90. The third-order valence-corrected chi connectivity index (χ3v) is 4.79. The molecule has 1 aliphatic heterocycles. The number of guanidine groups is 1. The van der Waals surface area contributed by atoms with Crippen LogP contribution in [0.5, 0.6) is 0 Å². The molecule has 2 rings (SSSR count). The maximum Gasteiger partial charge on any atom is 0.341 e. The van der Waals surface area contributed by atoms with Crippen molar-refractivity contribution in [2.75, 3.05) is 47.0 Å². The van der Waals surface area contributed by atoms with E-state index in [2.05, 4.69) is 34.4 Å². The normalized spacial score (nSPS) is 17.0. The van der Waals surface area contributed by atoms with Crippen LogP contribution in [0.3, 0.4) is 0 Å². The van der Waals surface area contributed by atoms with Crippen molar-refractivity contribution in [1.82, 2.24) is 15.5 Å². The third kappa shape index (κ3) is 5.97. The van der Waals surface area contributed by atoms with Crippen LogP contribution in [0.4, 0.5) is 0 Å². The van der Waals surface area contributed by atoms with Crippen LogP contribution in [0.25, 0.3) is 0 Å². The number of esters is 1. The molecular weight excluding hydrogens is 348 g/mol. The number of hydrogen-bond acceptors (Lipinski definition) is 6. The smallest absolute Gasteiger partial charge is 0.341 e. The number of aliphatic imine (C=N–C) groups is 1. The largest absolute Gasteiger partial charge is 0.465 e. The predicted octanol–water partition coefficient (Wildman–Crippen LogP) is 1.40. The minimum absolute atomic E-state index is 0.393. The molecule has 0 amide bonds. The molecule has 1 saturated heterocycles. The number of ether oxygens (including phenoxy) is 2. The van der Waals surface area contributed by atoms with E-state index in [0.29, 0.717) is 41.5 Å². The van der Waals surface area contributed by atoms with Crippen molar-refractivity contribution in [3.05, 3.63) is 23.2 Å². The highest BCUT2D eigenvalue weighted by atomic mass is 16.5. The number of furan rings is 1. The van der Waals surface area contributed by atoms with Crippen LogP contribution in [-0.2, 0) is 16.0 Å². The van der Waals surface area contributed by atoms with Crippen molar-refractivity contribution in [3.63, 3.8) is 0 Å². The number of nitrogens with zero attached hydrogens (tertiary/aromatic N) is 2. The first kappa shape index (κ1) is 21.2. The summed E-state index contributed by atoms with van der Waals surface area (Å²) in [4.78, 5) is 18.4. The van der Waals surface area contributed by atoms with Gasteiger partial charge in [0.2, 0.25) is 0 Å². The zero-order valence-corrected chi connectivity index (χ0v) is 17.0. The summed E-state index contributed by atoms with van der Waals surface area (Å²) >= 11 is 0. The number of carbonyl (C=O) groups is 1. The second-order valence-electron chi connectivity index (χ2n) is 6.94. The Morgan fingerprint density at radius 1 is 1.33 bits per heavy atom. The molecule has 0 aliphatic carbocycles. The molecule has 1 aliphatic rings. The van der Waals surface area contributed by atoms with Gasteiger partial charge in [0.05, 0.1) is 26.9 Å². The quantitative estimate of drug-likeness (QED) is 0.420. The van der Waals surface area contributed by atoms with Crippen molar-refractivity contribution in [2.24, 2.45) is 10.9 Å². The summed E-state index contributed by atoms with van der Waals surface area (Å²) in [6, 6.07) is 2.11. The Hall–Kier alpha value is -2.06. The standard InChI is InChI=1S/C19H32N4O4/c1-13(2)17(23-6-8-26-9-7-23)12-22-19(20-4)21-11-15-10-16(14(3)27-15)18(24)25-5/h10,13,17H,6-9,11-12H2,1-5H3,(H2,20,21,22). The van der Waals surface area contributed by atoms with E-state index in [-0.39, 0.29) is 0 Å². The topological polar surface area (TPSA) is 88.3 Å². The molecule has 1 aromatic rings. The Bertz CT molecular complexity index is 636. The van der Waals surface area contributed by atoms with E-state index < -0.39 is 5.97 Å². The summed E-state index contributed by atoms with van der Waals surface area (Å²) < 4.78 is 15.8. The second-order valence-corrected chi connectivity index (χ2v) is 6.94. The zero-order chi connectivity index (χ0) is 19.8. The number of nitrogens with one attached hydrogen (secondary N) is 2. The van der Waals surface area contributed by atoms with E-state index in [1.807, 2.05) is 0 Å². The molecule has 8 heteroatoms. The first-order chi connectivity index (χ1) is 13.0. The van der Waals surface area contributed by atoms with Crippen LogP contribution in [0.15, 0.2) is 15.5 Å². The van der Waals surface area contributed by atoms with Crippen LogP contribution in [0.2, 0.25) is 0 Å². The molecule has 2 heterocycles. The second kappa shape index (κ2) is 10.3. The van der Waals surface area contributed by atoms with Crippen molar-refractivity contribution < 1.29 is 18.7 Å². The Kier molecular flexibility index (Phi) is 8.12. The van der Waals surface area contributed by atoms with Gasteiger partial charge in [0, 0.05) is 32.7 Å². The summed E-state index contributed by atoms with van der Waals surface area (Å²) in [7, 11) is 3.10. The number of rotatable bonds is 7. The molecule has 0 radical (unpaired) electrons. The van der Waals surface area contributed by atoms with Crippen LogP contribution in [0.1, 0.15) is 35.7 Å². The molecule has 1 atom stereocenters. The van der Waals surface area contributed by atoms with Crippen LogP contribution in [0, 0.1) is 12.8 Å². The van der Waals surface area contributed by atoms with Gasteiger partial charge in [-0.2, -0.15) is 0 Å². The van der Waals surface area contributed by atoms with Crippen molar-refractivity contribution >= 4 is 11.9 Å². The Morgan fingerprint density at radius 3 is 2.63 bits per heavy atom. The van der Waals surface area contributed by atoms with E-state index >= 15 is 0 Å². The van der Waals surface area contributed by atoms with Gasteiger partial charge in [-0.15, -0.1) is 0 Å². The maximum atomic E-state index is 11.7. The number of hydrogen-bond donors (Lipinski definition) is 2. The van der Waals surface area contributed by atoms with E-state index in [0.717, 1.165) is 32.8 Å².